The van der Waals surface area contributed by atoms with Gasteiger partial charge in [0, 0.05) is 31.4 Å². The van der Waals surface area contributed by atoms with Crippen LogP contribution in [0.2, 0.25) is 0 Å². The first-order valence-corrected chi connectivity index (χ1v) is 12.8. The number of aromatic nitrogens is 2. The second-order valence-electron chi connectivity index (χ2n) is 10.3. The van der Waals surface area contributed by atoms with E-state index < -0.39 is 30.1 Å². The summed E-state index contributed by atoms with van der Waals surface area (Å²) in [5, 5.41) is 16.1. The van der Waals surface area contributed by atoms with Crippen LogP contribution in [0.15, 0.2) is 36.8 Å². The minimum absolute atomic E-state index is 0.151. The van der Waals surface area contributed by atoms with Gasteiger partial charge in [-0.15, -0.1) is 0 Å². The van der Waals surface area contributed by atoms with Gasteiger partial charge in [0.25, 0.3) is 0 Å². The number of aliphatic hydroxyl groups excluding tert-OH is 1. The van der Waals surface area contributed by atoms with Gasteiger partial charge >= 0.3 is 12.1 Å². The Hall–Kier alpha value is -3.73. The number of rotatable bonds is 10. The first-order chi connectivity index (χ1) is 18.1. The van der Waals surface area contributed by atoms with Crippen molar-refractivity contribution in [1.82, 2.24) is 15.3 Å². The number of hydrogen-bond acceptors (Lipinski definition) is 10. The van der Waals surface area contributed by atoms with Crippen LogP contribution in [0.5, 0.6) is 0 Å². The summed E-state index contributed by atoms with van der Waals surface area (Å²) in [5.74, 6) is -0.143. The Bertz CT molecular complexity index is 1080. The van der Waals surface area contributed by atoms with E-state index in [0.29, 0.717) is 28.9 Å². The van der Waals surface area contributed by atoms with E-state index in [1.54, 1.807) is 52.2 Å². The van der Waals surface area contributed by atoms with E-state index >= 15 is 0 Å². The Balaban J connectivity index is 1.66. The number of pyridine rings is 2. The maximum atomic E-state index is 13.0. The molecular weight excluding hydrogens is 490 g/mol. The molecule has 2 heterocycles. The summed E-state index contributed by atoms with van der Waals surface area (Å²) >= 11 is 0. The van der Waals surface area contributed by atoms with Crippen LogP contribution in [0, 0.1) is 0 Å². The molecule has 0 bridgehead atoms. The van der Waals surface area contributed by atoms with Crippen LogP contribution >= 0.6 is 0 Å². The lowest BCUT2D eigenvalue weighted by atomic mass is 9.97. The van der Waals surface area contributed by atoms with E-state index in [4.69, 9.17) is 9.47 Å². The number of alkyl carbamates (subject to hydrolysis) is 1. The van der Waals surface area contributed by atoms with Crippen molar-refractivity contribution in [2.45, 2.75) is 83.4 Å². The topological polar surface area (TPSA) is 143 Å². The van der Waals surface area contributed by atoms with Crippen molar-refractivity contribution < 1.29 is 29.0 Å². The summed E-state index contributed by atoms with van der Waals surface area (Å²) in [6.45, 7) is 5.24. The van der Waals surface area contributed by atoms with Crippen LogP contribution < -0.4 is 15.5 Å². The zero-order chi connectivity index (χ0) is 27.7. The number of nitrogens with one attached hydrogen (secondary N) is 2. The number of carbonyl (C=O) groups is 3. The third kappa shape index (κ3) is 8.69. The summed E-state index contributed by atoms with van der Waals surface area (Å²) in [6.07, 6.45) is 8.11. The normalized spacial score (nSPS) is 15.6. The Labute approximate surface area is 222 Å². The molecule has 0 aromatic carbocycles. The number of ether oxygens (including phenoxy) is 2. The number of anilines is 2. The highest BCUT2D eigenvalue weighted by atomic mass is 16.6. The largest absolute Gasteiger partial charge is 0.461 e. The first kappa shape index (κ1) is 28.8. The lowest BCUT2D eigenvalue weighted by Gasteiger charge is -2.27. The quantitative estimate of drug-likeness (QED) is 0.239. The molecule has 1 saturated carbocycles. The molecule has 1 fully saturated rings. The number of hydrogen-bond donors (Lipinski definition) is 3. The molecule has 0 radical (unpaired) electrons. The average Bonchev–Trinajstić information content (AvgIpc) is 2.88. The molecule has 0 aliphatic heterocycles. The van der Waals surface area contributed by atoms with Gasteiger partial charge in [0.2, 0.25) is 6.35 Å². The van der Waals surface area contributed by atoms with Gasteiger partial charge in [0.05, 0.1) is 11.9 Å². The molecular formula is C27H37N5O6. The second-order valence-corrected chi connectivity index (χ2v) is 10.3. The third-order valence-electron chi connectivity index (χ3n) is 6.06. The number of esters is 1. The van der Waals surface area contributed by atoms with Crippen molar-refractivity contribution in [3.05, 3.63) is 47.9 Å². The molecule has 0 spiro atoms. The Morgan fingerprint density at radius 1 is 1.18 bits per heavy atom. The predicted octanol–water partition coefficient (Wildman–Crippen LogP) is 3.43. The molecule has 11 nitrogen and oxygen atoms in total. The van der Waals surface area contributed by atoms with Crippen LogP contribution in [0.4, 0.5) is 16.3 Å². The fraction of sp³-hybridized carbons (Fsp3) is 0.519. The number of carbonyl (C=O) groups excluding carboxylic acids is 3. The standard InChI is InChI=1S/C27H37N5O6/c1-27(2,3)38-26(36)30-21(24(34)37-20-8-6-5-7-9-20)14-18-10-11-23(29-15-18)31-25(35)32(4)22-16-28-13-12-19(22)17-33/h10-13,15-17,20-21,25,35H,5-9,14H2,1-4H3,(H,29,31)(H,30,36)/t21-,25?/m0/s1. The lowest BCUT2D eigenvalue weighted by Crippen LogP contribution is -2.46. The van der Waals surface area contributed by atoms with Crippen LogP contribution in [-0.2, 0) is 20.7 Å². The zero-order valence-electron chi connectivity index (χ0n) is 22.3. The third-order valence-corrected chi connectivity index (χ3v) is 6.06. The molecule has 38 heavy (non-hydrogen) atoms. The Kier molecular flexibility index (Phi) is 10.0. The van der Waals surface area contributed by atoms with Crippen LogP contribution in [0.25, 0.3) is 0 Å². The zero-order valence-corrected chi connectivity index (χ0v) is 22.3. The molecule has 3 N–H and O–H groups in total. The summed E-state index contributed by atoms with van der Waals surface area (Å²) in [7, 11) is 1.61. The minimum atomic E-state index is -1.19. The first-order valence-electron chi connectivity index (χ1n) is 12.8. The molecule has 11 heteroatoms. The molecule has 2 aromatic heterocycles. The van der Waals surface area contributed by atoms with Crippen molar-refractivity contribution in [2.75, 3.05) is 17.3 Å². The van der Waals surface area contributed by atoms with Gasteiger partial charge in [-0.1, -0.05) is 12.5 Å². The molecule has 0 saturated heterocycles. The molecule has 1 aliphatic rings. The highest BCUT2D eigenvalue weighted by molar-refractivity contribution is 5.84. The maximum Gasteiger partial charge on any atom is 0.408 e. The van der Waals surface area contributed by atoms with Gasteiger partial charge in [0.15, 0.2) is 6.29 Å². The van der Waals surface area contributed by atoms with Crippen molar-refractivity contribution >= 4 is 29.9 Å². The highest BCUT2D eigenvalue weighted by Crippen LogP contribution is 2.22. The number of amides is 1. The van der Waals surface area contributed by atoms with Crippen molar-refractivity contribution in [2.24, 2.45) is 0 Å². The van der Waals surface area contributed by atoms with E-state index in [2.05, 4.69) is 20.6 Å². The van der Waals surface area contributed by atoms with Crippen molar-refractivity contribution in [3.63, 3.8) is 0 Å². The van der Waals surface area contributed by atoms with Gasteiger partial charge < -0.3 is 30.1 Å². The molecule has 1 amide bonds. The monoisotopic (exact) mass is 527 g/mol. The van der Waals surface area contributed by atoms with Crippen LogP contribution in [0.3, 0.4) is 0 Å². The van der Waals surface area contributed by atoms with E-state index in [9.17, 15) is 19.5 Å². The average molecular weight is 528 g/mol. The van der Waals surface area contributed by atoms with Gasteiger partial charge in [-0.2, -0.15) is 0 Å². The number of aliphatic hydroxyl groups is 1. The predicted molar refractivity (Wildman–Crippen MR) is 142 cm³/mol. The van der Waals surface area contributed by atoms with Crippen LogP contribution in [0.1, 0.15) is 68.8 Å². The van der Waals surface area contributed by atoms with E-state index in [0.717, 1.165) is 32.1 Å². The summed E-state index contributed by atoms with van der Waals surface area (Å²) < 4.78 is 11.1. The second kappa shape index (κ2) is 13.2. The molecule has 2 aromatic rings. The molecule has 1 unspecified atom stereocenters. The van der Waals surface area contributed by atoms with Gasteiger partial charge in [-0.05, 0) is 64.2 Å². The summed E-state index contributed by atoms with van der Waals surface area (Å²) in [5.41, 5.74) is 0.796. The summed E-state index contributed by atoms with van der Waals surface area (Å²) in [4.78, 5) is 46.5. The summed E-state index contributed by atoms with van der Waals surface area (Å²) in [6, 6.07) is 3.99. The Morgan fingerprint density at radius 3 is 2.55 bits per heavy atom. The number of aldehydes is 1. The fourth-order valence-corrected chi connectivity index (χ4v) is 4.09. The molecule has 2 atom stereocenters. The van der Waals surface area contributed by atoms with E-state index in [-0.39, 0.29) is 12.5 Å². The van der Waals surface area contributed by atoms with Crippen molar-refractivity contribution in [1.29, 1.82) is 0 Å². The van der Waals surface area contributed by atoms with Crippen LogP contribution in [-0.4, -0.2) is 64.6 Å². The highest BCUT2D eigenvalue weighted by Gasteiger charge is 2.28. The van der Waals surface area contributed by atoms with Gasteiger partial charge in [-0.3, -0.25) is 9.78 Å². The van der Waals surface area contributed by atoms with Crippen molar-refractivity contribution in [3.8, 4) is 0 Å². The van der Waals surface area contributed by atoms with Gasteiger partial charge in [0.1, 0.15) is 23.6 Å². The van der Waals surface area contributed by atoms with Gasteiger partial charge in [-0.25, -0.2) is 14.6 Å². The lowest BCUT2D eigenvalue weighted by molar-refractivity contribution is -0.153. The fourth-order valence-electron chi connectivity index (χ4n) is 4.09. The maximum absolute atomic E-state index is 13.0. The minimum Gasteiger partial charge on any atom is -0.461 e. The molecule has 206 valence electrons. The van der Waals surface area contributed by atoms with E-state index in [1.165, 1.54) is 17.3 Å². The smallest absolute Gasteiger partial charge is 0.408 e. The van der Waals surface area contributed by atoms with E-state index in [1.807, 2.05) is 0 Å². The Morgan fingerprint density at radius 2 is 1.92 bits per heavy atom. The molecule has 3 rings (SSSR count). The number of nitrogens with zero attached hydrogens (tertiary/aromatic N) is 3. The molecule has 1 aliphatic carbocycles. The SMILES string of the molecule is CN(c1cnccc1C=O)C(O)Nc1ccc(C[C@H](NC(=O)OC(C)(C)C)C(=O)OC2CCCCC2)cn1.